The molecule has 0 radical (unpaired) electrons. The van der Waals surface area contributed by atoms with E-state index < -0.39 is 8.32 Å². The van der Waals surface area contributed by atoms with E-state index in [9.17, 15) is 4.79 Å². The van der Waals surface area contributed by atoms with Crippen molar-refractivity contribution in [3.05, 3.63) is 0 Å². The highest BCUT2D eigenvalue weighted by molar-refractivity contribution is 6.74. The van der Waals surface area contributed by atoms with E-state index in [2.05, 4.69) is 33.9 Å². The minimum atomic E-state index is -1.70. The molecule has 0 aromatic heterocycles. The second kappa shape index (κ2) is 3.65. The van der Waals surface area contributed by atoms with Crippen LogP contribution in [0.15, 0.2) is 0 Å². The SMILES string of the molecule is CC(C)(C)[Si](C)(C)OC[C@@H]1C[C@H]2O[C@H]2C1=O. The molecule has 0 aromatic rings. The molecule has 2 aliphatic rings. The molecule has 0 N–H and O–H groups in total. The highest BCUT2D eigenvalue weighted by atomic mass is 28.4. The number of rotatable bonds is 3. The zero-order valence-corrected chi connectivity index (χ0v) is 11.9. The molecule has 2 fully saturated rings. The first kappa shape index (κ1) is 12.3. The highest BCUT2D eigenvalue weighted by Gasteiger charge is 2.55. The molecule has 0 amide bonds. The lowest BCUT2D eigenvalue weighted by atomic mass is 10.1. The largest absolute Gasteiger partial charge is 0.416 e. The van der Waals surface area contributed by atoms with Crippen molar-refractivity contribution in [3.8, 4) is 0 Å². The molecular formula is C12H22O3Si. The van der Waals surface area contributed by atoms with Crippen LogP contribution in [0.1, 0.15) is 27.2 Å². The molecule has 1 saturated heterocycles. The van der Waals surface area contributed by atoms with Crippen molar-refractivity contribution in [2.75, 3.05) is 6.61 Å². The van der Waals surface area contributed by atoms with E-state index in [-0.39, 0.29) is 28.9 Å². The average molecular weight is 242 g/mol. The number of ether oxygens (including phenoxy) is 1. The summed E-state index contributed by atoms with van der Waals surface area (Å²) in [6, 6.07) is 0. The second-order valence-electron chi connectivity index (χ2n) is 6.50. The fraction of sp³-hybridized carbons (Fsp3) is 0.917. The molecule has 1 heterocycles. The Morgan fingerprint density at radius 2 is 2.06 bits per heavy atom. The van der Waals surface area contributed by atoms with Crippen molar-refractivity contribution in [1.29, 1.82) is 0 Å². The van der Waals surface area contributed by atoms with E-state index in [0.717, 1.165) is 6.42 Å². The molecule has 3 atom stereocenters. The zero-order chi connectivity index (χ0) is 12.1. The van der Waals surface area contributed by atoms with Gasteiger partial charge in [0.2, 0.25) is 0 Å². The Bertz CT molecular complexity index is 306. The van der Waals surface area contributed by atoms with Gasteiger partial charge in [-0.3, -0.25) is 4.79 Å². The first-order chi connectivity index (χ1) is 7.22. The van der Waals surface area contributed by atoms with Crippen LogP contribution in [0.3, 0.4) is 0 Å². The minimum absolute atomic E-state index is 0.0759. The number of epoxide rings is 1. The fourth-order valence-electron chi connectivity index (χ4n) is 1.88. The summed E-state index contributed by atoms with van der Waals surface area (Å²) in [7, 11) is -1.70. The lowest BCUT2D eigenvalue weighted by Crippen LogP contribution is -2.42. The lowest BCUT2D eigenvalue weighted by Gasteiger charge is -2.36. The van der Waals surface area contributed by atoms with E-state index in [4.69, 9.17) is 9.16 Å². The van der Waals surface area contributed by atoms with Gasteiger partial charge in [0.25, 0.3) is 0 Å². The Labute approximate surface area is 98.6 Å². The van der Waals surface area contributed by atoms with Gasteiger partial charge in [-0.15, -0.1) is 0 Å². The molecule has 0 unspecified atom stereocenters. The van der Waals surface area contributed by atoms with Crippen LogP contribution in [-0.4, -0.2) is 32.9 Å². The summed E-state index contributed by atoms with van der Waals surface area (Å²) in [4.78, 5) is 11.7. The van der Waals surface area contributed by atoms with Crippen molar-refractivity contribution >= 4 is 14.1 Å². The predicted octanol–water partition coefficient (Wildman–Crippen LogP) is 2.36. The van der Waals surface area contributed by atoms with Crippen LogP contribution in [0, 0.1) is 5.92 Å². The Morgan fingerprint density at radius 1 is 1.44 bits per heavy atom. The molecule has 4 heteroatoms. The van der Waals surface area contributed by atoms with Crippen LogP contribution in [0.5, 0.6) is 0 Å². The first-order valence-corrected chi connectivity index (χ1v) is 8.96. The van der Waals surface area contributed by atoms with E-state index in [1.54, 1.807) is 0 Å². The van der Waals surface area contributed by atoms with E-state index in [1.807, 2.05) is 0 Å². The van der Waals surface area contributed by atoms with Crippen LogP contribution in [0.2, 0.25) is 18.1 Å². The molecule has 2 rings (SSSR count). The van der Waals surface area contributed by atoms with Gasteiger partial charge in [-0.25, -0.2) is 0 Å². The smallest absolute Gasteiger partial charge is 0.192 e. The van der Waals surface area contributed by atoms with Crippen LogP contribution < -0.4 is 0 Å². The number of ketones is 1. The number of Topliss-reactive ketones (excluding diaryl/α,β-unsaturated/α-hetero) is 1. The van der Waals surface area contributed by atoms with Gasteiger partial charge in [0.1, 0.15) is 6.10 Å². The maximum atomic E-state index is 11.7. The van der Waals surface area contributed by atoms with Crippen LogP contribution in [0.25, 0.3) is 0 Å². The lowest BCUT2D eigenvalue weighted by molar-refractivity contribution is -0.124. The summed E-state index contributed by atoms with van der Waals surface area (Å²) in [5, 5.41) is 0.216. The van der Waals surface area contributed by atoms with Gasteiger partial charge in [0, 0.05) is 12.5 Å². The number of carbonyl (C=O) groups excluding carboxylic acids is 1. The third-order valence-electron chi connectivity index (χ3n) is 4.23. The molecule has 0 bridgehead atoms. The van der Waals surface area contributed by atoms with Gasteiger partial charge in [-0.1, -0.05) is 20.8 Å². The third kappa shape index (κ3) is 2.10. The monoisotopic (exact) mass is 242 g/mol. The van der Waals surface area contributed by atoms with Crippen LogP contribution in [-0.2, 0) is 14.0 Å². The van der Waals surface area contributed by atoms with Gasteiger partial charge < -0.3 is 9.16 Å². The summed E-state index contributed by atoms with van der Waals surface area (Å²) in [5.74, 6) is 0.363. The highest BCUT2D eigenvalue weighted by Crippen LogP contribution is 2.41. The van der Waals surface area contributed by atoms with Crippen LogP contribution in [0.4, 0.5) is 0 Å². The Morgan fingerprint density at radius 3 is 2.50 bits per heavy atom. The molecule has 0 aromatic carbocycles. The quantitative estimate of drug-likeness (QED) is 0.563. The maximum Gasteiger partial charge on any atom is 0.192 e. The molecule has 0 spiro atoms. The van der Waals surface area contributed by atoms with E-state index in [0.29, 0.717) is 6.61 Å². The standard InChI is InChI=1S/C12H22O3Si/c1-12(2,3)16(4,5)14-7-8-6-9-11(15-9)10(8)13/h8-9,11H,6-7H2,1-5H3/t8-,9+,11+/m0/s1. The molecule has 1 aliphatic heterocycles. The summed E-state index contributed by atoms with van der Waals surface area (Å²) < 4.78 is 11.3. The average Bonchev–Trinajstić information content (AvgIpc) is 2.82. The van der Waals surface area contributed by atoms with Crippen molar-refractivity contribution in [3.63, 3.8) is 0 Å². The van der Waals surface area contributed by atoms with Gasteiger partial charge in [-0.05, 0) is 24.6 Å². The predicted molar refractivity (Wildman–Crippen MR) is 64.9 cm³/mol. The summed E-state index contributed by atoms with van der Waals surface area (Å²) >= 11 is 0. The normalized spacial score (nSPS) is 34.1. The summed E-state index contributed by atoms with van der Waals surface area (Å²) in [6.07, 6.45) is 1.02. The van der Waals surface area contributed by atoms with Crippen molar-refractivity contribution < 1.29 is 14.0 Å². The van der Waals surface area contributed by atoms with Gasteiger partial charge >= 0.3 is 0 Å². The molecule has 1 saturated carbocycles. The maximum absolute atomic E-state index is 11.7. The number of hydrogen-bond donors (Lipinski definition) is 0. The number of hydrogen-bond acceptors (Lipinski definition) is 3. The minimum Gasteiger partial charge on any atom is -0.416 e. The molecule has 3 nitrogen and oxygen atoms in total. The van der Waals surface area contributed by atoms with Crippen molar-refractivity contribution in [2.24, 2.45) is 5.92 Å². The summed E-state index contributed by atoms with van der Waals surface area (Å²) in [5.41, 5.74) is 0. The molecule has 92 valence electrons. The summed E-state index contributed by atoms with van der Waals surface area (Å²) in [6.45, 7) is 11.7. The first-order valence-electron chi connectivity index (χ1n) is 6.05. The molecular weight excluding hydrogens is 220 g/mol. The van der Waals surface area contributed by atoms with Gasteiger partial charge in [0.15, 0.2) is 14.1 Å². The van der Waals surface area contributed by atoms with E-state index >= 15 is 0 Å². The number of carbonyl (C=O) groups is 1. The molecule has 1 aliphatic carbocycles. The van der Waals surface area contributed by atoms with Crippen molar-refractivity contribution in [1.82, 2.24) is 0 Å². The number of fused-ring (bicyclic) bond motifs is 1. The van der Waals surface area contributed by atoms with Crippen molar-refractivity contribution in [2.45, 2.75) is 57.5 Å². The fourth-order valence-corrected chi connectivity index (χ4v) is 2.93. The zero-order valence-electron chi connectivity index (χ0n) is 10.9. The second-order valence-corrected chi connectivity index (χ2v) is 11.3. The Hall–Kier alpha value is -0.193. The van der Waals surface area contributed by atoms with Gasteiger partial charge in [-0.2, -0.15) is 0 Å². The van der Waals surface area contributed by atoms with Crippen LogP contribution >= 0.6 is 0 Å². The third-order valence-corrected chi connectivity index (χ3v) is 8.73. The topological polar surface area (TPSA) is 38.8 Å². The molecule has 16 heavy (non-hydrogen) atoms. The van der Waals surface area contributed by atoms with Gasteiger partial charge in [0.05, 0.1) is 6.10 Å². The Balaban J connectivity index is 1.86. The Kier molecular flexibility index (Phi) is 2.80. The van der Waals surface area contributed by atoms with E-state index in [1.165, 1.54) is 0 Å².